The molecule has 1 fully saturated rings. The summed E-state index contributed by atoms with van der Waals surface area (Å²) in [6.45, 7) is 3.83. The van der Waals surface area contributed by atoms with Crippen molar-refractivity contribution in [1.82, 2.24) is 0 Å². The number of carbonyl (C=O) groups excluding carboxylic acids is 1. The molecule has 0 spiro atoms. The van der Waals surface area contributed by atoms with Crippen LogP contribution in [0.5, 0.6) is 5.75 Å². The van der Waals surface area contributed by atoms with Gasteiger partial charge in [-0.1, -0.05) is 19.9 Å². The summed E-state index contributed by atoms with van der Waals surface area (Å²) in [5.41, 5.74) is 0.575. The maximum absolute atomic E-state index is 11.6. The Labute approximate surface area is 113 Å². The highest BCUT2D eigenvalue weighted by Crippen LogP contribution is 2.50. The second-order valence-electron chi connectivity index (χ2n) is 5.58. The number of rotatable bonds is 3. The smallest absolute Gasteiger partial charge is 0.179 e. The Bertz CT molecular complexity index is 629. The summed E-state index contributed by atoms with van der Waals surface area (Å²) in [7, 11) is -1.86. The van der Waals surface area contributed by atoms with Crippen molar-refractivity contribution < 1.29 is 17.9 Å². The Kier molecular flexibility index (Phi) is 3.21. The third-order valence-corrected chi connectivity index (χ3v) is 5.11. The SMILES string of the molecule is COc1cc(C2CC(=O)C2(C)C)ccc1S(C)(=O)=O. The van der Waals surface area contributed by atoms with E-state index < -0.39 is 9.84 Å². The second kappa shape index (κ2) is 4.34. The molecule has 0 heterocycles. The maximum atomic E-state index is 11.6. The molecular formula is C14H18O4S. The zero-order valence-electron chi connectivity index (χ0n) is 11.6. The normalized spacial score (nSPS) is 21.9. The van der Waals surface area contributed by atoms with Gasteiger partial charge in [0.15, 0.2) is 9.84 Å². The van der Waals surface area contributed by atoms with Gasteiger partial charge >= 0.3 is 0 Å². The van der Waals surface area contributed by atoms with E-state index in [9.17, 15) is 13.2 Å². The molecule has 4 nitrogen and oxygen atoms in total. The van der Waals surface area contributed by atoms with Gasteiger partial charge in [-0.15, -0.1) is 0 Å². The lowest BCUT2D eigenvalue weighted by molar-refractivity contribution is -0.137. The lowest BCUT2D eigenvalue weighted by Crippen LogP contribution is -2.43. The molecule has 0 radical (unpaired) electrons. The number of ketones is 1. The predicted molar refractivity (Wildman–Crippen MR) is 72.2 cm³/mol. The fraction of sp³-hybridized carbons (Fsp3) is 0.500. The lowest BCUT2D eigenvalue weighted by atomic mass is 9.59. The van der Waals surface area contributed by atoms with Crippen LogP contribution in [0.25, 0.3) is 0 Å². The third kappa shape index (κ3) is 2.27. The zero-order chi connectivity index (χ0) is 14.4. The molecule has 0 bridgehead atoms. The molecule has 2 rings (SSSR count). The van der Waals surface area contributed by atoms with Crippen LogP contribution >= 0.6 is 0 Å². The van der Waals surface area contributed by atoms with Crippen molar-refractivity contribution in [2.45, 2.75) is 31.1 Å². The first kappa shape index (κ1) is 14.1. The van der Waals surface area contributed by atoms with Gasteiger partial charge in [0.2, 0.25) is 0 Å². The third-order valence-electron chi connectivity index (χ3n) is 3.97. The molecule has 0 aromatic heterocycles. The topological polar surface area (TPSA) is 60.4 Å². The van der Waals surface area contributed by atoms with Gasteiger partial charge in [-0.2, -0.15) is 0 Å². The summed E-state index contributed by atoms with van der Waals surface area (Å²) in [5, 5.41) is 0. The van der Waals surface area contributed by atoms with Crippen LogP contribution in [0.1, 0.15) is 31.7 Å². The Morgan fingerprint density at radius 1 is 1.32 bits per heavy atom. The van der Waals surface area contributed by atoms with Crippen LogP contribution in [-0.2, 0) is 14.6 Å². The van der Waals surface area contributed by atoms with E-state index in [2.05, 4.69) is 0 Å². The van der Waals surface area contributed by atoms with Crippen LogP contribution in [0.2, 0.25) is 0 Å². The Balaban J connectivity index is 2.44. The van der Waals surface area contributed by atoms with E-state index in [1.165, 1.54) is 7.11 Å². The number of methoxy groups -OCH3 is 1. The molecule has 1 aliphatic rings. The van der Waals surface area contributed by atoms with Crippen molar-refractivity contribution in [3.05, 3.63) is 23.8 Å². The van der Waals surface area contributed by atoms with Crippen LogP contribution in [0.4, 0.5) is 0 Å². The van der Waals surface area contributed by atoms with E-state index in [1.54, 1.807) is 18.2 Å². The van der Waals surface area contributed by atoms with Gasteiger partial charge in [0.05, 0.1) is 7.11 Å². The maximum Gasteiger partial charge on any atom is 0.179 e. The van der Waals surface area contributed by atoms with Gasteiger partial charge < -0.3 is 4.74 Å². The van der Waals surface area contributed by atoms with Crippen LogP contribution < -0.4 is 4.74 Å². The Hall–Kier alpha value is -1.36. The van der Waals surface area contributed by atoms with Gasteiger partial charge in [0, 0.05) is 24.0 Å². The summed E-state index contributed by atoms with van der Waals surface area (Å²) < 4.78 is 28.4. The Morgan fingerprint density at radius 3 is 2.37 bits per heavy atom. The molecule has 1 unspecified atom stereocenters. The summed E-state index contributed by atoms with van der Waals surface area (Å²) in [4.78, 5) is 11.8. The number of hydrogen-bond acceptors (Lipinski definition) is 4. The summed E-state index contributed by atoms with van der Waals surface area (Å²) in [6.07, 6.45) is 1.66. The van der Waals surface area contributed by atoms with Crippen molar-refractivity contribution in [2.75, 3.05) is 13.4 Å². The van der Waals surface area contributed by atoms with Gasteiger partial charge in [-0.3, -0.25) is 4.79 Å². The van der Waals surface area contributed by atoms with Crippen LogP contribution in [-0.4, -0.2) is 27.6 Å². The minimum Gasteiger partial charge on any atom is -0.495 e. The first-order chi connectivity index (χ1) is 8.67. The highest BCUT2D eigenvalue weighted by molar-refractivity contribution is 7.90. The fourth-order valence-electron chi connectivity index (χ4n) is 2.51. The molecule has 0 N–H and O–H groups in total. The van der Waals surface area contributed by atoms with E-state index in [0.717, 1.165) is 11.8 Å². The van der Waals surface area contributed by atoms with Gasteiger partial charge in [0.1, 0.15) is 16.4 Å². The molecule has 5 heteroatoms. The van der Waals surface area contributed by atoms with Gasteiger partial charge in [-0.05, 0) is 17.7 Å². The van der Waals surface area contributed by atoms with E-state index in [4.69, 9.17) is 4.74 Å². The predicted octanol–water partition coefficient (Wildman–Crippen LogP) is 2.18. The van der Waals surface area contributed by atoms with E-state index in [0.29, 0.717) is 12.2 Å². The van der Waals surface area contributed by atoms with E-state index >= 15 is 0 Å². The Morgan fingerprint density at radius 2 is 1.95 bits per heavy atom. The van der Waals surface area contributed by atoms with Crippen LogP contribution in [0.15, 0.2) is 23.1 Å². The first-order valence-corrected chi connectivity index (χ1v) is 7.98. The quantitative estimate of drug-likeness (QED) is 0.852. The van der Waals surface area contributed by atoms with Gasteiger partial charge in [-0.25, -0.2) is 8.42 Å². The van der Waals surface area contributed by atoms with Crippen molar-refractivity contribution in [2.24, 2.45) is 5.41 Å². The van der Waals surface area contributed by atoms with E-state index in [-0.39, 0.29) is 22.0 Å². The lowest BCUT2D eigenvalue weighted by Gasteiger charge is -2.43. The molecule has 0 amide bonds. The minimum absolute atomic E-state index is 0.127. The number of hydrogen-bond donors (Lipinski definition) is 0. The van der Waals surface area contributed by atoms with Crippen LogP contribution in [0.3, 0.4) is 0 Å². The average molecular weight is 282 g/mol. The molecule has 104 valence electrons. The molecule has 1 aromatic rings. The number of sulfone groups is 1. The van der Waals surface area contributed by atoms with Gasteiger partial charge in [0.25, 0.3) is 0 Å². The molecule has 1 atom stereocenters. The van der Waals surface area contributed by atoms with Crippen molar-refractivity contribution in [1.29, 1.82) is 0 Å². The number of benzene rings is 1. The molecule has 0 saturated heterocycles. The highest BCUT2D eigenvalue weighted by Gasteiger charge is 2.47. The largest absolute Gasteiger partial charge is 0.495 e. The number of ether oxygens (including phenoxy) is 1. The van der Waals surface area contributed by atoms with Crippen molar-refractivity contribution in [3.8, 4) is 5.75 Å². The first-order valence-electron chi connectivity index (χ1n) is 6.09. The second-order valence-corrected chi connectivity index (χ2v) is 7.57. The highest BCUT2D eigenvalue weighted by atomic mass is 32.2. The summed E-state index contributed by atoms with van der Waals surface area (Å²) >= 11 is 0. The minimum atomic E-state index is -3.31. The van der Waals surface area contributed by atoms with Crippen LogP contribution in [0, 0.1) is 5.41 Å². The molecule has 0 aliphatic heterocycles. The van der Waals surface area contributed by atoms with Crippen molar-refractivity contribution >= 4 is 15.6 Å². The molecular weight excluding hydrogens is 264 g/mol. The summed E-state index contributed by atoms with van der Waals surface area (Å²) in [6, 6.07) is 5.06. The molecule has 19 heavy (non-hydrogen) atoms. The molecule has 1 aromatic carbocycles. The van der Waals surface area contributed by atoms with Crippen molar-refractivity contribution in [3.63, 3.8) is 0 Å². The monoisotopic (exact) mass is 282 g/mol. The zero-order valence-corrected chi connectivity index (χ0v) is 12.4. The number of Topliss-reactive ketones (excluding diaryl/α,β-unsaturated/α-hetero) is 1. The van der Waals surface area contributed by atoms with E-state index in [1.807, 2.05) is 13.8 Å². The summed E-state index contributed by atoms with van der Waals surface area (Å²) in [5.74, 6) is 0.710. The average Bonchev–Trinajstić information content (AvgIpc) is 2.33. The number of carbonyl (C=O) groups is 1. The molecule has 1 aliphatic carbocycles. The standard InChI is InChI=1S/C14H18O4S/c1-14(2)10(8-13(14)15)9-5-6-12(19(4,16)17)11(7-9)18-3/h5-7,10H,8H2,1-4H3. The fourth-order valence-corrected chi connectivity index (χ4v) is 3.33. The molecule has 1 saturated carbocycles.